The van der Waals surface area contributed by atoms with Crippen LogP contribution in [0, 0.1) is 11.3 Å². The zero-order valence-corrected chi connectivity index (χ0v) is 10.9. The standard InChI is InChI=1S/C15H13N3O2/c1-18(13-3-2-4-14(19)9-13)15(20)17-12-7-5-11(10-16)6-8-12/h2-9,19H,1H3,(H,17,20). The summed E-state index contributed by atoms with van der Waals surface area (Å²) in [5.41, 5.74) is 1.71. The number of anilines is 2. The zero-order valence-electron chi connectivity index (χ0n) is 10.9. The van der Waals surface area contributed by atoms with Crippen molar-refractivity contribution >= 4 is 17.4 Å². The topological polar surface area (TPSA) is 76.4 Å². The first kappa shape index (κ1) is 13.4. The maximum atomic E-state index is 12.0. The minimum absolute atomic E-state index is 0.0977. The quantitative estimate of drug-likeness (QED) is 0.878. The minimum Gasteiger partial charge on any atom is -0.508 e. The highest BCUT2D eigenvalue weighted by molar-refractivity contribution is 6.01. The molecule has 2 N–H and O–H groups in total. The molecule has 0 aromatic heterocycles. The lowest BCUT2D eigenvalue weighted by molar-refractivity contribution is 0.258. The Morgan fingerprint density at radius 1 is 1.25 bits per heavy atom. The van der Waals surface area contributed by atoms with Crippen LogP contribution in [-0.4, -0.2) is 18.2 Å². The Bertz CT molecular complexity index is 660. The van der Waals surface area contributed by atoms with E-state index in [9.17, 15) is 9.90 Å². The van der Waals surface area contributed by atoms with Crippen molar-refractivity contribution in [3.8, 4) is 11.8 Å². The second-order valence-corrected chi connectivity index (χ2v) is 4.20. The molecule has 0 fully saturated rings. The number of rotatable bonds is 2. The van der Waals surface area contributed by atoms with E-state index in [1.807, 2.05) is 6.07 Å². The molecule has 2 amide bonds. The SMILES string of the molecule is CN(C(=O)Nc1ccc(C#N)cc1)c1cccc(O)c1. The van der Waals surface area contributed by atoms with Crippen molar-refractivity contribution in [3.05, 3.63) is 54.1 Å². The first-order valence-corrected chi connectivity index (χ1v) is 5.94. The van der Waals surface area contributed by atoms with E-state index in [-0.39, 0.29) is 11.8 Å². The van der Waals surface area contributed by atoms with Crippen LogP contribution in [0.2, 0.25) is 0 Å². The third-order valence-electron chi connectivity index (χ3n) is 2.79. The van der Waals surface area contributed by atoms with Crippen LogP contribution >= 0.6 is 0 Å². The van der Waals surface area contributed by atoms with Gasteiger partial charge < -0.3 is 10.4 Å². The molecule has 5 nitrogen and oxygen atoms in total. The lowest BCUT2D eigenvalue weighted by atomic mass is 10.2. The second kappa shape index (κ2) is 5.76. The third-order valence-corrected chi connectivity index (χ3v) is 2.79. The number of nitrogens with zero attached hydrogens (tertiary/aromatic N) is 2. The monoisotopic (exact) mass is 267 g/mol. The van der Waals surface area contributed by atoms with Crippen LogP contribution in [0.3, 0.4) is 0 Å². The largest absolute Gasteiger partial charge is 0.508 e. The van der Waals surface area contributed by atoms with Crippen molar-refractivity contribution in [1.82, 2.24) is 0 Å². The molecular weight excluding hydrogens is 254 g/mol. The summed E-state index contributed by atoms with van der Waals surface area (Å²) in [5.74, 6) is 0.0977. The molecule has 100 valence electrons. The number of carbonyl (C=O) groups excluding carboxylic acids is 1. The van der Waals surface area contributed by atoms with Crippen LogP contribution in [0.4, 0.5) is 16.2 Å². The smallest absolute Gasteiger partial charge is 0.326 e. The van der Waals surface area contributed by atoms with Crippen LogP contribution in [0.1, 0.15) is 5.56 Å². The fraction of sp³-hybridized carbons (Fsp3) is 0.0667. The summed E-state index contributed by atoms with van der Waals surface area (Å²) < 4.78 is 0. The molecule has 0 unspecified atom stereocenters. The summed E-state index contributed by atoms with van der Waals surface area (Å²) in [6.07, 6.45) is 0. The van der Waals surface area contributed by atoms with E-state index in [1.54, 1.807) is 43.4 Å². The van der Waals surface area contributed by atoms with Gasteiger partial charge in [-0.2, -0.15) is 5.26 Å². The fourth-order valence-electron chi connectivity index (χ4n) is 1.65. The van der Waals surface area contributed by atoms with Crippen molar-refractivity contribution in [3.63, 3.8) is 0 Å². The molecule has 0 spiro atoms. The highest BCUT2D eigenvalue weighted by Crippen LogP contribution is 2.19. The van der Waals surface area contributed by atoms with E-state index in [0.29, 0.717) is 16.9 Å². The third kappa shape index (κ3) is 3.06. The number of phenols is 1. The first-order valence-electron chi connectivity index (χ1n) is 5.94. The molecule has 0 heterocycles. The van der Waals surface area contributed by atoms with Gasteiger partial charge in [0.2, 0.25) is 0 Å². The van der Waals surface area contributed by atoms with Gasteiger partial charge in [-0.3, -0.25) is 4.90 Å². The Kier molecular flexibility index (Phi) is 3.87. The van der Waals surface area contributed by atoms with E-state index >= 15 is 0 Å². The summed E-state index contributed by atoms with van der Waals surface area (Å²) >= 11 is 0. The second-order valence-electron chi connectivity index (χ2n) is 4.20. The lowest BCUT2D eigenvalue weighted by Gasteiger charge is -2.18. The van der Waals surface area contributed by atoms with E-state index in [0.717, 1.165) is 0 Å². The summed E-state index contributed by atoms with van der Waals surface area (Å²) in [6, 6.07) is 14.7. The molecule has 0 aliphatic rings. The summed E-state index contributed by atoms with van der Waals surface area (Å²) in [4.78, 5) is 13.4. The predicted octanol–water partition coefficient (Wildman–Crippen LogP) is 2.93. The Hall–Kier alpha value is -3.00. The maximum absolute atomic E-state index is 12.0. The molecule has 0 saturated heterocycles. The Morgan fingerprint density at radius 3 is 2.55 bits per heavy atom. The van der Waals surface area contributed by atoms with E-state index in [1.165, 1.54) is 17.0 Å². The fourth-order valence-corrected chi connectivity index (χ4v) is 1.65. The van der Waals surface area contributed by atoms with Gasteiger partial charge in [0.15, 0.2) is 0 Å². The first-order chi connectivity index (χ1) is 9.60. The van der Waals surface area contributed by atoms with Gasteiger partial charge in [0.1, 0.15) is 5.75 Å². The van der Waals surface area contributed by atoms with E-state index in [2.05, 4.69) is 5.32 Å². The molecule has 5 heteroatoms. The number of aromatic hydroxyl groups is 1. The zero-order chi connectivity index (χ0) is 14.5. The summed E-state index contributed by atoms with van der Waals surface area (Å²) in [6.45, 7) is 0. The van der Waals surface area contributed by atoms with Gasteiger partial charge in [-0.05, 0) is 36.4 Å². The van der Waals surface area contributed by atoms with Gasteiger partial charge in [-0.15, -0.1) is 0 Å². The van der Waals surface area contributed by atoms with Gasteiger partial charge in [-0.1, -0.05) is 6.07 Å². The van der Waals surface area contributed by atoms with E-state index < -0.39 is 0 Å². The molecule has 0 saturated carbocycles. The number of carbonyl (C=O) groups is 1. The van der Waals surface area contributed by atoms with Crippen LogP contribution in [-0.2, 0) is 0 Å². The average Bonchev–Trinajstić information content (AvgIpc) is 2.47. The number of amides is 2. The van der Waals surface area contributed by atoms with Gasteiger partial charge in [0, 0.05) is 24.5 Å². The van der Waals surface area contributed by atoms with Crippen LogP contribution in [0.5, 0.6) is 5.75 Å². The molecule has 0 radical (unpaired) electrons. The number of hydrogen-bond acceptors (Lipinski definition) is 3. The van der Waals surface area contributed by atoms with Crippen molar-refractivity contribution in [2.45, 2.75) is 0 Å². The van der Waals surface area contributed by atoms with Crippen LogP contribution in [0.15, 0.2) is 48.5 Å². The molecule has 0 bridgehead atoms. The minimum atomic E-state index is -0.333. The molecule has 2 aromatic carbocycles. The van der Waals surface area contributed by atoms with Gasteiger partial charge in [0.05, 0.1) is 11.6 Å². The van der Waals surface area contributed by atoms with Crippen molar-refractivity contribution < 1.29 is 9.90 Å². The molecule has 2 aromatic rings. The molecule has 0 aliphatic carbocycles. The van der Waals surface area contributed by atoms with Crippen molar-refractivity contribution in [1.29, 1.82) is 5.26 Å². The number of nitriles is 1. The molecular formula is C15H13N3O2. The van der Waals surface area contributed by atoms with Gasteiger partial charge in [-0.25, -0.2) is 4.79 Å². The lowest BCUT2D eigenvalue weighted by Crippen LogP contribution is -2.31. The maximum Gasteiger partial charge on any atom is 0.326 e. The normalized spacial score (nSPS) is 9.60. The molecule has 20 heavy (non-hydrogen) atoms. The number of hydrogen-bond donors (Lipinski definition) is 2. The summed E-state index contributed by atoms with van der Waals surface area (Å²) in [7, 11) is 1.60. The highest BCUT2D eigenvalue weighted by Gasteiger charge is 2.11. The number of urea groups is 1. The van der Waals surface area contributed by atoms with Crippen molar-refractivity contribution in [2.75, 3.05) is 17.3 Å². The van der Waals surface area contributed by atoms with Gasteiger partial charge >= 0.3 is 6.03 Å². The Labute approximate surface area is 116 Å². The predicted molar refractivity (Wildman–Crippen MR) is 76.7 cm³/mol. The van der Waals surface area contributed by atoms with Crippen molar-refractivity contribution in [2.24, 2.45) is 0 Å². The number of benzene rings is 2. The number of nitrogens with one attached hydrogen (secondary N) is 1. The number of phenolic OH excluding ortho intramolecular Hbond substituents is 1. The summed E-state index contributed by atoms with van der Waals surface area (Å²) in [5, 5.41) is 20.8. The molecule has 0 aliphatic heterocycles. The molecule has 2 rings (SSSR count). The van der Waals surface area contributed by atoms with Gasteiger partial charge in [0.25, 0.3) is 0 Å². The Morgan fingerprint density at radius 2 is 1.95 bits per heavy atom. The van der Waals surface area contributed by atoms with E-state index in [4.69, 9.17) is 5.26 Å². The van der Waals surface area contributed by atoms with Crippen LogP contribution in [0.25, 0.3) is 0 Å². The van der Waals surface area contributed by atoms with Crippen LogP contribution < -0.4 is 10.2 Å². The average molecular weight is 267 g/mol. The molecule has 0 atom stereocenters. The Balaban J connectivity index is 2.09. The highest BCUT2D eigenvalue weighted by atomic mass is 16.3.